The third kappa shape index (κ3) is 3.07. The maximum Gasteiger partial charge on any atom is 0.243 e. The standard InChI is InChI=1S/C16H22N2O4S/c1-12(19)17(2)14-5-8-18(9-6-14)23(20,21)15-3-4-16-13(11-15)7-10-22-16/h3-4,11,14H,5-10H2,1-2H3. The third-order valence-corrected chi connectivity index (χ3v) is 6.66. The number of fused-ring (bicyclic) bond motifs is 1. The molecule has 126 valence electrons. The first-order valence-corrected chi connectivity index (χ1v) is 9.33. The lowest BCUT2D eigenvalue weighted by Gasteiger charge is -2.35. The molecule has 0 N–H and O–H groups in total. The van der Waals surface area contributed by atoms with Gasteiger partial charge in [-0.15, -0.1) is 0 Å². The van der Waals surface area contributed by atoms with Crippen LogP contribution in [0.5, 0.6) is 5.75 Å². The SMILES string of the molecule is CC(=O)N(C)C1CCN(S(=O)(=O)c2ccc3c(c2)CCO3)CC1. The van der Waals surface area contributed by atoms with E-state index >= 15 is 0 Å². The van der Waals surface area contributed by atoms with Gasteiger partial charge in [0.25, 0.3) is 0 Å². The summed E-state index contributed by atoms with van der Waals surface area (Å²) < 4.78 is 32.6. The minimum absolute atomic E-state index is 0.0185. The third-order valence-electron chi connectivity index (χ3n) is 4.77. The summed E-state index contributed by atoms with van der Waals surface area (Å²) in [4.78, 5) is 13.5. The second-order valence-electron chi connectivity index (χ2n) is 6.13. The van der Waals surface area contributed by atoms with Crippen LogP contribution in [-0.4, -0.2) is 56.3 Å². The highest BCUT2D eigenvalue weighted by Gasteiger charge is 2.32. The van der Waals surface area contributed by atoms with E-state index in [0.29, 0.717) is 37.4 Å². The number of benzene rings is 1. The van der Waals surface area contributed by atoms with Crippen LogP contribution in [0.4, 0.5) is 0 Å². The van der Waals surface area contributed by atoms with E-state index in [1.807, 2.05) is 0 Å². The van der Waals surface area contributed by atoms with E-state index in [0.717, 1.165) is 17.7 Å². The number of ether oxygens (including phenoxy) is 1. The first-order chi connectivity index (χ1) is 10.9. The molecule has 0 unspecified atom stereocenters. The van der Waals surface area contributed by atoms with Crippen molar-refractivity contribution < 1.29 is 17.9 Å². The Morgan fingerprint density at radius 3 is 2.65 bits per heavy atom. The van der Waals surface area contributed by atoms with Gasteiger partial charge in [0.2, 0.25) is 15.9 Å². The van der Waals surface area contributed by atoms with Crippen LogP contribution in [0.1, 0.15) is 25.3 Å². The van der Waals surface area contributed by atoms with Crippen molar-refractivity contribution in [1.82, 2.24) is 9.21 Å². The van der Waals surface area contributed by atoms with E-state index in [2.05, 4.69) is 0 Å². The Morgan fingerprint density at radius 1 is 1.30 bits per heavy atom. The Bertz CT molecular complexity index is 709. The minimum atomic E-state index is -3.48. The molecule has 2 aliphatic heterocycles. The first kappa shape index (κ1) is 16.3. The molecule has 0 spiro atoms. The average molecular weight is 338 g/mol. The van der Waals surface area contributed by atoms with E-state index in [9.17, 15) is 13.2 Å². The van der Waals surface area contributed by atoms with Gasteiger partial charge in [-0.05, 0) is 36.6 Å². The van der Waals surface area contributed by atoms with Gasteiger partial charge in [-0.3, -0.25) is 4.79 Å². The summed E-state index contributed by atoms with van der Waals surface area (Å²) in [6.45, 7) is 3.04. The molecule has 2 aliphatic rings. The van der Waals surface area contributed by atoms with Crippen LogP contribution in [0.15, 0.2) is 23.1 Å². The predicted molar refractivity (Wildman–Crippen MR) is 85.9 cm³/mol. The summed E-state index contributed by atoms with van der Waals surface area (Å²) in [5.41, 5.74) is 0.956. The second-order valence-corrected chi connectivity index (χ2v) is 8.07. The van der Waals surface area contributed by atoms with E-state index in [-0.39, 0.29) is 11.9 Å². The molecule has 0 aromatic heterocycles. The van der Waals surface area contributed by atoms with Gasteiger partial charge >= 0.3 is 0 Å². The lowest BCUT2D eigenvalue weighted by molar-refractivity contribution is -0.130. The highest BCUT2D eigenvalue weighted by Crippen LogP contribution is 2.30. The highest BCUT2D eigenvalue weighted by atomic mass is 32.2. The highest BCUT2D eigenvalue weighted by molar-refractivity contribution is 7.89. The number of rotatable bonds is 3. The van der Waals surface area contributed by atoms with E-state index in [1.165, 1.54) is 11.2 Å². The van der Waals surface area contributed by atoms with Crippen molar-refractivity contribution in [2.45, 2.75) is 37.1 Å². The number of carbonyl (C=O) groups is 1. The fourth-order valence-corrected chi connectivity index (χ4v) is 4.72. The van der Waals surface area contributed by atoms with Crippen LogP contribution >= 0.6 is 0 Å². The molecule has 3 rings (SSSR count). The van der Waals surface area contributed by atoms with Crippen LogP contribution in [0.3, 0.4) is 0 Å². The van der Waals surface area contributed by atoms with E-state index < -0.39 is 10.0 Å². The molecule has 0 aliphatic carbocycles. The van der Waals surface area contributed by atoms with Gasteiger partial charge in [0.15, 0.2) is 0 Å². The Balaban J connectivity index is 1.73. The van der Waals surface area contributed by atoms with Gasteiger partial charge in [0.05, 0.1) is 11.5 Å². The van der Waals surface area contributed by atoms with Crippen molar-refractivity contribution >= 4 is 15.9 Å². The number of nitrogens with zero attached hydrogens (tertiary/aromatic N) is 2. The van der Waals surface area contributed by atoms with Crippen molar-refractivity contribution in [3.63, 3.8) is 0 Å². The molecule has 2 heterocycles. The van der Waals surface area contributed by atoms with Gasteiger partial charge in [0.1, 0.15) is 5.75 Å². The predicted octanol–water partition coefficient (Wildman–Crippen LogP) is 1.25. The molecule has 1 saturated heterocycles. The zero-order valence-electron chi connectivity index (χ0n) is 13.5. The van der Waals surface area contributed by atoms with E-state index in [4.69, 9.17) is 4.74 Å². The molecule has 1 aromatic rings. The molecule has 7 heteroatoms. The number of hydrogen-bond acceptors (Lipinski definition) is 4. The molecular formula is C16H22N2O4S. The number of carbonyl (C=O) groups excluding carboxylic acids is 1. The lowest BCUT2D eigenvalue weighted by Crippen LogP contribution is -2.46. The summed E-state index contributed by atoms with van der Waals surface area (Å²) in [5, 5.41) is 0. The Morgan fingerprint density at radius 2 is 2.00 bits per heavy atom. The molecule has 23 heavy (non-hydrogen) atoms. The molecule has 1 amide bonds. The molecule has 1 aromatic carbocycles. The minimum Gasteiger partial charge on any atom is -0.493 e. The average Bonchev–Trinajstić information content (AvgIpc) is 3.01. The van der Waals surface area contributed by atoms with Gasteiger partial charge < -0.3 is 9.64 Å². The van der Waals surface area contributed by atoms with Crippen LogP contribution in [0.2, 0.25) is 0 Å². The Hall–Kier alpha value is -1.60. The Kier molecular flexibility index (Phi) is 4.33. The maximum absolute atomic E-state index is 12.8. The summed E-state index contributed by atoms with van der Waals surface area (Å²) >= 11 is 0. The zero-order valence-corrected chi connectivity index (χ0v) is 14.3. The van der Waals surface area contributed by atoms with Crippen molar-refractivity contribution in [3.05, 3.63) is 23.8 Å². The van der Waals surface area contributed by atoms with Crippen LogP contribution in [0, 0.1) is 0 Å². The van der Waals surface area contributed by atoms with Crippen molar-refractivity contribution in [2.75, 3.05) is 26.7 Å². The molecule has 0 atom stereocenters. The van der Waals surface area contributed by atoms with Gasteiger partial charge in [0, 0.05) is 39.5 Å². The number of piperidine rings is 1. The molecule has 0 radical (unpaired) electrons. The Labute approximate surface area is 137 Å². The van der Waals surface area contributed by atoms with Crippen molar-refractivity contribution in [2.24, 2.45) is 0 Å². The maximum atomic E-state index is 12.8. The fraction of sp³-hybridized carbons (Fsp3) is 0.562. The number of sulfonamides is 1. The molecule has 0 bridgehead atoms. The lowest BCUT2D eigenvalue weighted by atomic mass is 10.1. The monoisotopic (exact) mass is 338 g/mol. The van der Waals surface area contributed by atoms with Gasteiger partial charge in [-0.25, -0.2) is 8.42 Å². The van der Waals surface area contributed by atoms with Crippen LogP contribution in [-0.2, 0) is 21.2 Å². The molecular weight excluding hydrogens is 316 g/mol. The smallest absolute Gasteiger partial charge is 0.243 e. The summed E-state index contributed by atoms with van der Waals surface area (Å²) in [6, 6.07) is 5.21. The van der Waals surface area contributed by atoms with Gasteiger partial charge in [-0.2, -0.15) is 4.31 Å². The summed E-state index contributed by atoms with van der Waals surface area (Å²) in [5.74, 6) is 0.802. The number of amides is 1. The normalized spacial score (nSPS) is 19.2. The van der Waals surface area contributed by atoms with E-state index in [1.54, 1.807) is 30.1 Å². The van der Waals surface area contributed by atoms with Crippen LogP contribution in [0.25, 0.3) is 0 Å². The van der Waals surface area contributed by atoms with Crippen LogP contribution < -0.4 is 4.74 Å². The summed E-state index contributed by atoms with van der Waals surface area (Å²) in [7, 11) is -1.70. The van der Waals surface area contributed by atoms with Crippen molar-refractivity contribution in [1.29, 1.82) is 0 Å². The topological polar surface area (TPSA) is 66.9 Å². The number of hydrogen-bond donors (Lipinski definition) is 0. The molecule has 0 saturated carbocycles. The van der Waals surface area contributed by atoms with Crippen molar-refractivity contribution in [3.8, 4) is 5.75 Å². The largest absolute Gasteiger partial charge is 0.493 e. The second kappa shape index (κ2) is 6.13. The first-order valence-electron chi connectivity index (χ1n) is 7.89. The fourth-order valence-electron chi connectivity index (χ4n) is 3.20. The molecule has 1 fully saturated rings. The molecule has 6 nitrogen and oxygen atoms in total. The van der Waals surface area contributed by atoms with Gasteiger partial charge in [-0.1, -0.05) is 0 Å². The zero-order chi connectivity index (χ0) is 16.6. The quantitative estimate of drug-likeness (QED) is 0.832. The summed E-state index contributed by atoms with van der Waals surface area (Å²) in [6.07, 6.45) is 2.09.